The molecule has 0 saturated heterocycles. The summed E-state index contributed by atoms with van der Waals surface area (Å²) in [6, 6.07) is 17.0. The molecule has 0 fully saturated rings. The average molecular weight is 447 g/mol. The summed E-state index contributed by atoms with van der Waals surface area (Å²) >= 11 is 5.75. The molecule has 0 spiro atoms. The summed E-state index contributed by atoms with van der Waals surface area (Å²) < 4.78 is 41.1. The molecule has 5 nitrogen and oxygen atoms in total. The van der Waals surface area contributed by atoms with Crippen LogP contribution in [0.25, 0.3) is 0 Å². The Balaban J connectivity index is 1.97. The number of anilines is 2. The zero-order valence-corrected chi connectivity index (χ0v) is 18.0. The Kier molecular flexibility index (Phi) is 6.43. The van der Waals surface area contributed by atoms with Crippen LogP contribution in [0.2, 0.25) is 5.02 Å². The highest BCUT2D eigenvalue weighted by atomic mass is 35.5. The Morgan fingerprint density at radius 3 is 2.37 bits per heavy atom. The number of amides is 1. The Morgan fingerprint density at radius 1 is 1.03 bits per heavy atom. The van der Waals surface area contributed by atoms with Crippen LogP contribution >= 0.6 is 11.6 Å². The fraction of sp³-hybridized carbons (Fsp3) is 0.136. The average Bonchev–Trinajstić information content (AvgIpc) is 2.70. The lowest BCUT2D eigenvalue weighted by molar-refractivity contribution is -0.114. The van der Waals surface area contributed by atoms with Gasteiger partial charge in [-0.3, -0.25) is 9.10 Å². The molecule has 0 atom stereocenters. The van der Waals surface area contributed by atoms with E-state index in [2.05, 4.69) is 5.32 Å². The van der Waals surface area contributed by atoms with E-state index in [9.17, 15) is 17.6 Å². The van der Waals surface area contributed by atoms with E-state index in [-0.39, 0.29) is 15.6 Å². The molecule has 30 heavy (non-hydrogen) atoms. The number of benzene rings is 3. The first kappa shape index (κ1) is 21.8. The summed E-state index contributed by atoms with van der Waals surface area (Å²) in [7, 11) is -4.01. The van der Waals surface area contributed by atoms with Crippen molar-refractivity contribution >= 4 is 38.9 Å². The minimum atomic E-state index is -4.01. The van der Waals surface area contributed by atoms with Crippen molar-refractivity contribution in [2.45, 2.75) is 18.7 Å². The largest absolute Gasteiger partial charge is 0.324 e. The zero-order valence-electron chi connectivity index (χ0n) is 16.4. The maximum absolute atomic E-state index is 13.4. The summed E-state index contributed by atoms with van der Waals surface area (Å²) in [5.41, 5.74) is 2.35. The molecule has 3 rings (SSSR count). The standard InChI is InChI=1S/C22H20ClFN2O3S/c1-15-8-11-21(16(2)12-15)26(30(28,29)18-6-4-3-5-7-18)14-22(27)25-17-9-10-20(24)19(23)13-17/h3-13H,14H2,1-2H3,(H,25,27). The van der Waals surface area contributed by atoms with E-state index >= 15 is 0 Å². The Hall–Kier alpha value is -2.90. The van der Waals surface area contributed by atoms with Gasteiger partial charge in [-0.05, 0) is 55.8 Å². The van der Waals surface area contributed by atoms with Gasteiger partial charge in [-0.1, -0.05) is 47.5 Å². The molecule has 0 aromatic heterocycles. The smallest absolute Gasteiger partial charge is 0.264 e. The molecule has 0 radical (unpaired) electrons. The van der Waals surface area contributed by atoms with Crippen molar-refractivity contribution in [3.63, 3.8) is 0 Å². The number of hydrogen-bond acceptors (Lipinski definition) is 3. The van der Waals surface area contributed by atoms with Crippen molar-refractivity contribution in [2.75, 3.05) is 16.2 Å². The van der Waals surface area contributed by atoms with E-state index in [1.165, 1.54) is 24.3 Å². The molecule has 0 heterocycles. The monoisotopic (exact) mass is 446 g/mol. The Morgan fingerprint density at radius 2 is 1.73 bits per heavy atom. The number of hydrogen-bond donors (Lipinski definition) is 1. The lowest BCUT2D eigenvalue weighted by Crippen LogP contribution is -2.38. The lowest BCUT2D eigenvalue weighted by atomic mass is 10.1. The number of rotatable bonds is 6. The lowest BCUT2D eigenvalue weighted by Gasteiger charge is -2.26. The van der Waals surface area contributed by atoms with Gasteiger partial charge in [0.05, 0.1) is 15.6 Å². The van der Waals surface area contributed by atoms with Crippen LogP contribution in [0.5, 0.6) is 0 Å². The summed E-state index contributed by atoms with van der Waals surface area (Å²) in [4.78, 5) is 12.8. The molecule has 1 amide bonds. The quantitative estimate of drug-likeness (QED) is 0.583. The molecule has 0 aliphatic carbocycles. The molecule has 0 bridgehead atoms. The van der Waals surface area contributed by atoms with Crippen LogP contribution in [-0.2, 0) is 14.8 Å². The van der Waals surface area contributed by atoms with Crippen LogP contribution in [0.15, 0.2) is 71.6 Å². The fourth-order valence-corrected chi connectivity index (χ4v) is 4.70. The third kappa shape index (κ3) is 4.80. The van der Waals surface area contributed by atoms with Crippen LogP contribution in [0, 0.1) is 19.7 Å². The number of nitrogens with one attached hydrogen (secondary N) is 1. The fourth-order valence-electron chi connectivity index (χ4n) is 3.01. The summed E-state index contributed by atoms with van der Waals surface area (Å²) in [6.45, 7) is 3.22. The second-order valence-electron chi connectivity index (χ2n) is 6.79. The van der Waals surface area contributed by atoms with E-state index in [0.717, 1.165) is 15.9 Å². The maximum atomic E-state index is 13.4. The molecule has 3 aromatic carbocycles. The van der Waals surface area contributed by atoms with Crippen LogP contribution in [0.1, 0.15) is 11.1 Å². The number of sulfonamides is 1. The highest BCUT2D eigenvalue weighted by Gasteiger charge is 2.28. The minimum absolute atomic E-state index is 0.0719. The molecule has 3 aromatic rings. The van der Waals surface area contributed by atoms with E-state index in [1.54, 1.807) is 37.3 Å². The van der Waals surface area contributed by atoms with E-state index in [1.807, 2.05) is 13.0 Å². The first-order valence-electron chi connectivity index (χ1n) is 9.08. The Bertz CT molecular complexity index is 1180. The number of carbonyl (C=O) groups is 1. The van der Waals surface area contributed by atoms with Gasteiger partial charge in [0.15, 0.2) is 0 Å². The van der Waals surface area contributed by atoms with Gasteiger partial charge in [0.2, 0.25) is 5.91 Å². The topological polar surface area (TPSA) is 66.5 Å². The van der Waals surface area contributed by atoms with Gasteiger partial charge in [-0.2, -0.15) is 0 Å². The summed E-state index contributed by atoms with van der Waals surface area (Å²) in [6.07, 6.45) is 0. The van der Waals surface area contributed by atoms with Gasteiger partial charge in [0.25, 0.3) is 10.0 Å². The van der Waals surface area contributed by atoms with Crippen molar-refractivity contribution < 1.29 is 17.6 Å². The molecule has 0 aliphatic rings. The SMILES string of the molecule is Cc1ccc(N(CC(=O)Nc2ccc(F)c(Cl)c2)S(=O)(=O)c2ccccc2)c(C)c1. The second-order valence-corrected chi connectivity index (χ2v) is 9.06. The van der Waals surface area contributed by atoms with Crippen LogP contribution in [0.3, 0.4) is 0 Å². The summed E-state index contributed by atoms with van der Waals surface area (Å²) in [5.74, 6) is -1.20. The van der Waals surface area contributed by atoms with Gasteiger partial charge in [-0.15, -0.1) is 0 Å². The molecule has 0 aliphatic heterocycles. The van der Waals surface area contributed by atoms with Gasteiger partial charge < -0.3 is 5.32 Å². The van der Waals surface area contributed by atoms with Crippen molar-refractivity contribution in [1.82, 2.24) is 0 Å². The molecule has 1 N–H and O–H groups in total. The van der Waals surface area contributed by atoms with Crippen LogP contribution < -0.4 is 9.62 Å². The third-order valence-corrected chi connectivity index (χ3v) is 6.51. The van der Waals surface area contributed by atoms with Gasteiger partial charge in [-0.25, -0.2) is 12.8 Å². The molecule has 0 saturated carbocycles. The van der Waals surface area contributed by atoms with E-state index in [4.69, 9.17) is 11.6 Å². The first-order valence-corrected chi connectivity index (χ1v) is 10.9. The predicted molar refractivity (Wildman–Crippen MR) is 117 cm³/mol. The molecule has 156 valence electrons. The Labute approximate surface area is 180 Å². The third-order valence-electron chi connectivity index (χ3n) is 4.44. The van der Waals surface area contributed by atoms with Crippen molar-refractivity contribution in [2.24, 2.45) is 0 Å². The molecule has 0 unspecified atom stereocenters. The van der Waals surface area contributed by atoms with Crippen LogP contribution in [0.4, 0.5) is 15.8 Å². The first-order chi connectivity index (χ1) is 14.2. The zero-order chi connectivity index (χ0) is 21.9. The number of nitrogens with zero attached hydrogens (tertiary/aromatic N) is 1. The van der Waals surface area contributed by atoms with Crippen molar-refractivity contribution in [1.29, 1.82) is 0 Å². The molecular formula is C22H20ClFN2O3S. The highest BCUT2D eigenvalue weighted by molar-refractivity contribution is 7.92. The van der Waals surface area contributed by atoms with Crippen molar-refractivity contribution in [3.05, 3.63) is 88.7 Å². The summed E-state index contributed by atoms with van der Waals surface area (Å²) in [5, 5.41) is 2.43. The number of carbonyl (C=O) groups excluding carboxylic acids is 1. The second kappa shape index (κ2) is 8.85. The highest BCUT2D eigenvalue weighted by Crippen LogP contribution is 2.28. The van der Waals surface area contributed by atoms with E-state index in [0.29, 0.717) is 11.3 Å². The predicted octanol–water partition coefficient (Wildman–Crippen LogP) is 4.93. The molecular weight excluding hydrogens is 427 g/mol. The van der Waals surface area contributed by atoms with Crippen LogP contribution in [-0.4, -0.2) is 20.9 Å². The number of halogens is 2. The maximum Gasteiger partial charge on any atom is 0.264 e. The van der Waals surface area contributed by atoms with E-state index < -0.39 is 28.3 Å². The van der Waals surface area contributed by atoms with Gasteiger partial charge in [0.1, 0.15) is 12.4 Å². The minimum Gasteiger partial charge on any atom is -0.324 e. The number of aryl methyl sites for hydroxylation is 2. The van der Waals surface area contributed by atoms with Crippen molar-refractivity contribution in [3.8, 4) is 0 Å². The van der Waals surface area contributed by atoms with Gasteiger partial charge in [0, 0.05) is 5.69 Å². The van der Waals surface area contributed by atoms with Gasteiger partial charge >= 0.3 is 0 Å². The molecule has 8 heteroatoms. The normalized spacial score (nSPS) is 11.2.